The number of anilines is 1. The maximum atomic E-state index is 10.9. The van der Waals surface area contributed by atoms with Gasteiger partial charge in [-0.1, -0.05) is 13.8 Å². The SMILES string of the molecule is CC(C)(C=O)CN1CCN(c2ncccn2)CC1. The fourth-order valence-electron chi connectivity index (χ4n) is 2.17. The van der Waals surface area contributed by atoms with Crippen molar-refractivity contribution in [1.82, 2.24) is 14.9 Å². The summed E-state index contributed by atoms with van der Waals surface area (Å²) in [4.78, 5) is 24.0. The number of hydrogen-bond acceptors (Lipinski definition) is 5. The van der Waals surface area contributed by atoms with Gasteiger partial charge in [-0.3, -0.25) is 4.90 Å². The number of nitrogens with zero attached hydrogens (tertiary/aromatic N) is 4. The van der Waals surface area contributed by atoms with Gasteiger partial charge in [-0.05, 0) is 6.07 Å². The molecule has 0 unspecified atom stereocenters. The molecule has 0 spiro atoms. The van der Waals surface area contributed by atoms with E-state index in [9.17, 15) is 4.79 Å². The summed E-state index contributed by atoms with van der Waals surface area (Å²) < 4.78 is 0. The predicted molar refractivity (Wildman–Crippen MR) is 70.5 cm³/mol. The van der Waals surface area contributed by atoms with Crippen molar-refractivity contribution in [3.8, 4) is 0 Å². The van der Waals surface area contributed by atoms with Gasteiger partial charge in [0.2, 0.25) is 5.95 Å². The van der Waals surface area contributed by atoms with Crippen LogP contribution in [0.3, 0.4) is 0 Å². The first-order valence-electron chi connectivity index (χ1n) is 6.31. The zero-order valence-corrected chi connectivity index (χ0v) is 11.0. The number of aldehydes is 1. The van der Waals surface area contributed by atoms with E-state index in [1.807, 2.05) is 19.9 Å². The number of hydrogen-bond donors (Lipinski definition) is 0. The maximum absolute atomic E-state index is 10.9. The van der Waals surface area contributed by atoms with E-state index in [0.29, 0.717) is 0 Å². The molecule has 0 atom stereocenters. The van der Waals surface area contributed by atoms with Crippen molar-refractivity contribution in [3.63, 3.8) is 0 Å². The summed E-state index contributed by atoms with van der Waals surface area (Å²) in [5.74, 6) is 0.798. The second-order valence-corrected chi connectivity index (χ2v) is 5.42. The molecule has 5 nitrogen and oxygen atoms in total. The highest BCUT2D eigenvalue weighted by molar-refractivity contribution is 5.58. The first kappa shape index (κ1) is 13.0. The Kier molecular flexibility index (Phi) is 3.91. The summed E-state index contributed by atoms with van der Waals surface area (Å²) in [7, 11) is 0. The molecule has 1 aromatic heterocycles. The zero-order valence-electron chi connectivity index (χ0n) is 11.0. The molecule has 0 saturated carbocycles. The fourth-order valence-corrected chi connectivity index (χ4v) is 2.17. The largest absolute Gasteiger partial charge is 0.338 e. The molecule has 2 rings (SSSR count). The molecule has 0 amide bonds. The summed E-state index contributed by atoms with van der Waals surface area (Å²) >= 11 is 0. The van der Waals surface area contributed by atoms with E-state index < -0.39 is 0 Å². The van der Waals surface area contributed by atoms with Crippen LogP contribution in [-0.2, 0) is 4.79 Å². The molecule has 0 radical (unpaired) electrons. The molecule has 1 aliphatic rings. The quantitative estimate of drug-likeness (QED) is 0.738. The molecule has 98 valence electrons. The van der Waals surface area contributed by atoms with E-state index in [1.165, 1.54) is 0 Å². The highest BCUT2D eigenvalue weighted by Gasteiger charge is 2.24. The van der Waals surface area contributed by atoms with E-state index in [0.717, 1.165) is 45.0 Å². The lowest BCUT2D eigenvalue weighted by atomic mass is 9.95. The van der Waals surface area contributed by atoms with Crippen LogP contribution in [0.4, 0.5) is 5.95 Å². The van der Waals surface area contributed by atoms with Gasteiger partial charge >= 0.3 is 0 Å². The van der Waals surface area contributed by atoms with Crippen LogP contribution in [-0.4, -0.2) is 53.9 Å². The monoisotopic (exact) mass is 248 g/mol. The lowest BCUT2D eigenvalue weighted by molar-refractivity contribution is -0.115. The Balaban J connectivity index is 1.87. The summed E-state index contributed by atoms with van der Waals surface area (Å²) in [6.45, 7) is 8.52. The van der Waals surface area contributed by atoms with Gasteiger partial charge in [-0.2, -0.15) is 0 Å². The van der Waals surface area contributed by atoms with Crippen LogP contribution in [0, 0.1) is 5.41 Å². The van der Waals surface area contributed by atoms with Crippen LogP contribution in [0.15, 0.2) is 18.5 Å². The van der Waals surface area contributed by atoms with E-state index in [-0.39, 0.29) is 5.41 Å². The maximum Gasteiger partial charge on any atom is 0.225 e. The van der Waals surface area contributed by atoms with Gasteiger partial charge in [0.25, 0.3) is 0 Å². The number of carbonyl (C=O) groups is 1. The number of aromatic nitrogens is 2. The third-order valence-corrected chi connectivity index (χ3v) is 3.16. The lowest BCUT2D eigenvalue weighted by Gasteiger charge is -2.37. The Labute approximate surface area is 108 Å². The van der Waals surface area contributed by atoms with Crippen molar-refractivity contribution in [3.05, 3.63) is 18.5 Å². The van der Waals surface area contributed by atoms with Gasteiger partial charge in [-0.25, -0.2) is 9.97 Å². The third kappa shape index (κ3) is 3.26. The molecular weight excluding hydrogens is 228 g/mol. The van der Waals surface area contributed by atoms with E-state index in [2.05, 4.69) is 19.8 Å². The van der Waals surface area contributed by atoms with Gasteiger partial charge in [0.1, 0.15) is 6.29 Å². The van der Waals surface area contributed by atoms with Crippen LogP contribution in [0.2, 0.25) is 0 Å². The number of rotatable bonds is 4. The number of piperazine rings is 1. The van der Waals surface area contributed by atoms with Crippen LogP contribution < -0.4 is 4.90 Å². The van der Waals surface area contributed by atoms with E-state index in [1.54, 1.807) is 12.4 Å². The van der Waals surface area contributed by atoms with Crippen molar-refractivity contribution in [2.45, 2.75) is 13.8 Å². The average Bonchev–Trinajstić information content (AvgIpc) is 2.40. The smallest absolute Gasteiger partial charge is 0.225 e. The predicted octanol–water partition coefficient (Wildman–Crippen LogP) is 0.824. The highest BCUT2D eigenvalue weighted by atomic mass is 16.1. The molecule has 1 aliphatic heterocycles. The molecule has 0 aromatic carbocycles. The minimum absolute atomic E-state index is 0.259. The lowest BCUT2D eigenvalue weighted by Crippen LogP contribution is -2.49. The van der Waals surface area contributed by atoms with Gasteiger partial charge in [0.05, 0.1) is 0 Å². The van der Waals surface area contributed by atoms with Gasteiger partial charge in [-0.15, -0.1) is 0 Å². The van der Waals surface area contributed by atoms with Crippen molar-refractivity contribution < 1.29 is 4.79 Å². The van der Waals surface area contributed by atoms with Gasteiger partial charge in [0, 0.05) is 50.5 Å². The molecule has 0 bridgehead atoms. The van der Waals surface area contributed by atoms with Crippen molar-refractivity contribution >= 4 is 12.2 Å². The first-order chi connectivity index (χ1) is 8.61. The van der Waals surface area contributed by atoms with Crippen LogP contribution in [0.25, 0.3) is 0 Å². The molecule has 1 aromatic rings. The number of carbonyl (C=O) groups excluding carboxylic acids is 1. The Morgan fingerprint density at radius 3 is 2.39 bits per heavy atom. The normalized spacial score (nSPS) is 17.8. The second kappa shape index (κ2) is 5.44. The molecule has 18 heavy (non-hydrogen) atoms. The molecule has 1 fully saturated rings. The minimum Gasteiger partial charge on any atom is -0.338 e. The van der Waals surface area contributed by atoms with E-state index in [4.69, 9.17) is 0 Å². The van der Waals surface area contributed by atoms with E-state index >= 15 is 0 Å². The summed E-state index contributed by atoms with van der Waals surface area (Å²) in [5, 5.41) is 0. The Bertz CT molecular complexity index is 385. The Morgan fingerprint density at radius 2 is 1.83 bits per heavy atom. The second-order valence-electron chi connectivity index (χ2n) is 5.42. The summed E-state index contributed by atoms with van der Waals surface area (Å²) in [6.07, 6.45) is 4.58. The van der Waals surface area contributed by atoms with Crippen LogP contribution >= 0.6 is 0 Å². The molecule has 0 aliphatic carbocycles. The minimum atomic E-state index is -0.259. The Hall–Kier alpha value is -1.49. The van der Waals surface area contributed by atoms with Crippen molar-refractivity contribution in [2.24, 2.45) is 5.41 Å². The topological polar surface area (TPSA) is 49.3 Å². The third-order valence-electron chi connectivity index (χ3n) is 3.16. The highest BCUT2D eigenvalue weighted by Crippen LogP contribution is 2.16. The summed E-state index contributed by atoms with van der Waals surface area (Å²) in [6, 6.07) is 1.83. The molecule has 5 heteroatoms. The molecule has 0 N–H and O–H groups in total. The molecular formula is C13H20N4O. The van der Waals surface area contributed by atoms with Crippen molar-refractivity contribution in [1.29, 1.82) is 0 Å². The van der Waals surface area contributed by atoms with Gasteiger partial charge < -0.3 is 9.69 Å². The van der Waals surface area contributed by atoms with Crippen LogP contribution in [0.5, 0.6) is 0 Å². The van der Waals surface area contributed by atoms with Crippen molar-refractivity contribution in [2.75, 3.05) is 37.6 Å². The average molecular weight is 248 g/mol. The fraction of sp³-hybridized carbons (Fsp3) is 0.615. The zero-order chi connectivity index (χ0) is 13.0. The Morgan fingerprint density at radius 1 is 1.22 bits per heavy atom. The van der Waals surface area contributed by atoms with Gasteiger partial charge in [0.15, 0.2) is 0 Å². The standard InChI is InChI=1S/C13H20N4O/c1-13(2,11-18)10-16-6-8-17(9-7-16)12-14-4-3-5-15-12/h3-5,11H,6-10H2,1-2H3. The molecule has 2 heterocycles. The summed E-state index contributed by atoms with van der Waals surface area (Å²) in [5.41, 5.74) is -0.259. The molecule has 1 saturated heterocycles. The van der Waals surface area contributed by atoms with Crippen LogP contribution in [0.1, 0.15) is 13.8 Å². The first-order valence-corrected chi connectivity index (χ1v) is 6.31.